The Morgan fingerprint density at radius 2 is 1.93 bits per heavy atom. The number of thiophene rings is 1. The minimum absolute atomic E-state index is 0.0352. The zero-order valence-corrected chi connectivity index (χ0v) is 16.4. The molecule has 0 saturated carbocycles. The van der Waals surface area contributed by atoms with Crippen molar-refractivity contribution in [3.05, 3.63) is 52.1 Å². The lowest BCUT2D eigenvalue weighted by Crippen LogP contribution is -2.49. The van der Waals surface area contributed by atoms with Crippen LogP contribution in [-0.2, 0) is 16.1 Å². The van der Waals surface area contributed by atoms with Gasteiger partial charge in [0.15, 0.2) is 0 Å². The van der Waals surface area contributed by atoms with E-state index < -0.39 is 0 Å². The van der Waals surface area contributed by atoms with Gasteiger partial charge >= 0.3 is 0 Å². The molecule has 1 amide bonds. The Balaban J connectivity index is 1.66. The fourth-order valence-electron chi connectivity index (χ4n) is 3.55. The van der Waals surface area contributed by atoms with Gasteiger partial charge in [-0.1, -0.05) is 12.1 Å². The molecule has 1 aliphatic heterocycles. The molecule has 2 atom stereocenters. The van der Waals surface area contributed by atoms with Crippen LogP contribution < -0.4 is 5.56 Å². The summed E-state index contributed by atoms with van der Waals surface area (Å²) in [6.45, 7) is 4.80. The highest BCUT2D eigenvalue weighted by Crippen LogP contribution is 2.30. The molecule has 6 nitrogen and oxygen atoms in total. The Kier molecular flexibility index (Phi) is 4.99. The van der Waals surface area contributed by atoms with Crippen molar-refractivity contribution in [3.8, 4) is 11.1 Å². The third kappa shape index (κ3) is 3.57. The normalized spacial score (nSPS) is 19.9. The van der Waals surface area contributed by atoms with Crippen molar-refractivity contribution in [2.75, 3.05) is 13.1 Å². The van der Waals surface area contributed by atoms with Crippen LogP contribution in [0.3, 0.4) is 0 Å². The number of halogens is 1. The third-order valence-electron chi connectivity index (χ3n) is 4.79. The van der Waals surface area contributed by atoms with E-state index in [1.807, 2.05) is 19.2 Å². The molecule has 3 heterocycles. The molecule has 3 aromatic rings. The molecule has 1 aliphatic rings. The number of rotatable bonds is 3. The number of morpholine rings is 1. The second kappa shape index (κ2) is 7.44. The van der Waals surface area contributed by atoms with E-state index >= 15 is 0 Å². The molecule has 146 valence electrons. The summed E-state index contributed by atoms with van der Waals surface area (Å²) in [6.07, 6.45) is 1.35. The Morgan fingerprint density at radius 3 is 2.61 bits per heavy atom. The molecule has 0 N–H and O–H groups in total. The molecule has 2 aromatic heterocycles. The second-order valence-electron chi connectivity index (χ2n) is 7.07. The number of nitrogens with zero attached hydrogens (tertiary/aromatic N) is 3. The first-order valence-electron chi connectivity index (χ1n) is 9.08. The standard InChI is InChI=1S/C20H20FN3O3S/c1-12-7-23(8-13(2)27-12)17(25)9-24-11-22-19-18(20(24)26)16(10-28-19)14-3-5-15(21)6-4-14/h3-6,10-13H,7-9H2,1-2H3/t12-,13-/m0/s1. The summed E-state index contributed by atoms with van der Waals surface area (Å²) in [5.41, 5.74) is 1.17. The molecule has 0 spiro atoms. The molecule has 4 rings (SSSR count). The summed E-state index contributed by atoms with van der Waals surface area (Å²) in [5.74, 6) is -0.470. The van der Waals surface area contributed by atoms with Crippen LogP contribution in [0.2, 0.25) is 0 Å². The summed E-state index contributed by atoms with van der Waals surface area (Å²) < 4.78 is 20.2. The Hall–Kier alpha value is -2.58. The molecule has 0 radical (unpaired) electrons. The zero-order chi connectivity index (χ0) is 19.8. The molecule has 0 bridgehead atoms. The number of carbonyl (C=O) groups excluding carboxylic acids is 1. The van der Waals surface area contributed by atoms with E-state index in [4.69, 9.17) is 4.74 Å². The van der Waals surface area contributed by atoms with E-state index in [2.05, 4.69) is 4.98 Å². The summed E-state index contributed by atoms with van der Waals surface area (Å²) in [7, 11) is 0. The average Bonchev–Trinajstić information content (AvgIpc) is 3.08. The van der Waals surface area contributed by atoms with Crippen LogP contribution in [0.25, 0.3) is 21.3 Å². The van der Waals surface area contributed by atoms with Gasteiger partial charge in [-0.2, -0.15) is 0 Å². The van der Waals surface area contributed by atoms with Gasteiger partial charge in [-0.15, -0.1) is 11.3 Å². The van der Waals surface area contributed by atoms with Crippen LogP contribution in [0.1, 0.15) is 13.8 Å². The number of ether oxygens (including phenoxy) is 1. The molecule has 1 fully saturated rings. The van der Waals surface area contributed by atoms with Crippen molar-refractivity contribution in [2.45, 2.75) is 32.6 Å². The number of amides is 1. The number of fused-ring (bicyclic) bond motifs is 1. The fourth-order valence-corrected chi connectivity index (χ4v) is 4.46. The van der Waals surface area contributed by atoms with Gasteiger partial charge in [0.05, 0.1) is 23.9 Å². The predicted octanol–water partition coefficient (Wildman–Crippen LogP) is 2.90. The Labute approximate surface area is 165 Å². The molecule has 0 unspecified atom stereocenters. The summed E-state index contributed by atoms with van der Waals surface area (Å²) in [6, 6.07) is 5.99. The first-order chi connectivity index (χ1) is 13.4. The largest absolute Gasteiger partial charge is 0.372 e. The van der Waals surface area contributed by atoms with Crippen LogP contribution in [0.5, 0.6) is 0 Å². The van der Waals surface area contributed by atoms with Crippen molar-refractivity contribution >= 4 is 27.5 Å². The molecule has 1 aromatic carbocycles. The van der Waals surface area contributed by atoms with Crippen molar-refractivity contribution in [2.24, 2.45) is 0 Å². The van der Waals surface area contributed by atoms with E-state index in [-0.39, 0.29) is 36.0 Å². The van der Waals surface area contributed by atoms with Gasteiger partial charge in [-0.3, -0.25) is 14.2 Å². The van der Waals surface area contributed by atoms with Gasteiger partial charge in [0.1, 0.15) is 17.2 Å². The lowest BCUT2D eigenvalue weighted by Gasteiger charge is -2.35. The molecule has 8 heteroatoms. The average molecular weight is 401 g/mol. The summed E-state index contributed by atoms with van der Waals surface area (Å²) >= 11 is 1.35. The van der Waals surface area contributed by atoms with Crippen molar-refractivity contribution < 1.29 is 13.9 Å². The highest BCUT2D eigenvalue weighted by atomic mass is 32.1. The third-order valence-corrected chi connectivity index (χ3v) is 5.68. The highest BCUT2D eigenvalue weighted by molar-refractivity contribution is 7.17. The number of aromatic nitrogens is 2. The van der Waals surface area contributed by atoms with Gasteiger partial charge in [-0.25, -0.2) is 9.37 Å². The van der Waals surface area contributed by atoms with Crippen LogP contribution in [0, 0.1) is 5.82 Å². The van der Waals surface area contributed by atoms with E-state index in [0.29, 0.717) is 28.9 Å². The lowest BCUT2D eigenvalue weighted by atomic mass is 10.1. The van der Waals surface area contributed by atoms with Crippen LogP contribution in [-0.4, -0.2) is 45.7 Å². The smallest absolute Gasteiger partial charge is 0.263 e. The maximum Gasteiger partial charge on any atom is 0.263 e. The van der Waals surface area contributed by atoms with Gasteiger partial charge in [0, 0.05) is 24.0 Å². The number of hydrogen-bond donors (Lipinski definition) is 0. The first kappa shape index (κ1) is 18.8. The topological polar surface area (TPSA) is 64.4 Å². The molecule has 1 saturated heterocycles. The molecular formula is C20H20FN3O3S. The first-order valence-corrected chi connectivity index (χ1v) is 9.96. The van der Waals surface area contributed by atoms with E-state index in [9.17, 15) is 14.0 Å². The predicted molar refractivity (Wildman–Crippen MR) is 106 cm³/mol. The highest BCUT2D eigenvalue weighted by Gasteiger charge is 2.26. The summed E-state index contributed by atoms with van der Waals surface area (Å²) in [4.78, 5) is 32.4. The van der Waals surface area contributed by atoms with Gasteiger partial charge in [0.25, 0.3) is 5.56 Å². The molecule has 28 heavy (non-hydrogen) atoms. The monoisotopic (exact) mass is 401 g/mol. The minimum Gasteiger partial charge on any atom is -0.372 e. The number of hydrogen-bond acceptors (Lipinski definition) is 5. The van der Waals surface area contributed by atoms with Crippen molar-refractivity contribution in [1.29, 1.82) is 0 Å². The Bertz CT molecular complexity index is 1070. The van der Waals surface area contributed by atoms with Crippen LogP contribution >= 0.6 is 11.3 Å². The van der Waals surface area contributed by atoms with Gasteiger partial charge < -0.3 is 9.64 Å². The van der Waals surface area contributed by atoms with Crippen LogP contribution in [0.15, 0.2) is 40.8 Å². The van der Waals surface area contributed by atoms with Crippen LogP contribution in [0.4, 0.5) is 4.39 Å². The van der Waals surface area contributed by atoms with Gasteiger partial charge in [0.2, 0.25) is 5.91 Å². The maximum atomic E-state index is 13.2. The molecular weight excluding hydrogens is 381 g/mol. The zero-order valence-electron chi connectivity index (χ0n) is 15.6. The fraction of sp³-hybridized carbons (Fsp3) is 0.350. The van der Waals surface area contributed by atoms with Gasteiger partial charge in [-0.05, 0) is 31.5 Å². The lowest BCUT2D eigenvalue weighted by molar-refractivity contribution is -0.143. The number of carbonyl (C=O) groups is 1. The quantitative estimate of drug-likeness (QED) is 0.677. The summed E-state index contributed by atoms with van der Waals surface area (Å²) in [5, 5.41) is 2.29. The minimum atomic E-state index is -0.335. The Morgan fingerprint density at radius 1 is 1.25 bits per heavy atom. The maximum absolute atomic E-state index is 13.2. The van der Waals surface area contributed by atoms with E-state index in [1.165, 1.54) is 34.4 Å². The van der Waals surface area contributed by atoms with E-state index in [1.54, 1.807) is 17.0 Å². The van der Waals surface area contributed by atoms with E-state index in [0.717, 1.165) is 5.56 Å². The molecule has 0 aliphatic carbocycles. The number of benzene rings is 1. The van der Waals surface area contributed by atoms with Crippen molar-refractivity contribution in [1.82, 2.24) is 14.5 Å². The van der Waals surface area contributed by atoms with Crippen molar-refractivity contribution in [3.63, 3.8) is 0 Å². The second-order valence-corrected chi connectivity index (χ2v) is 7.93. The SMILES string of the molecule is C[C@H]1CN(C(=O)Cn2cnc3scc(-c4ccc(F)cc4)c3c2=O)C[C@H](C)O1.